The fourth-order valence-electron chi connectivity index (χ4n) is 1.36. The Morgan fingerprint density at radius 3 is 2.87 bits per heavy atom. The smallest absolute Gasteiger partial charge is 0.339 e. The minimum absolute atomic E-state index is 0.00750. The molecule has 2 aromatic rings. The highest BCUT2D eigenvalue weighted by Crippen LogP contribution is 2.26. The van der Waals surface area contributed by atoms with Gasteiger partial charge < -0.3 is 5.11 Å². The van der Waals surface area contributed by atoms with E-state index in [9.17, 15) is 4.79 Å². The molecule has 1 aromatic heterocycles. The summed E-state index contributed by atoms with van der Waals surface area (Å²) in [5.74, 6) is -1.07. The van der Waals surface area contributed by atoms with Crippen LogP contribution in [0.2, 0.25) is 5.15 Å². The molecule has 0 aliphatic carbocycles. The summed E-state index contributed by atoms with van der Waals surface area (Å²) < 4.78 is 0.805. The molecule has 15 heavy (non-hydrogen) atoms. The molecular formula is C10H5BrClNO2. The van der Waals surface area contributed by atoms with Gasteiger partial charge in [0.05, 0.1) is 0 Å². The molecule has 1 heterocycles. The van der Waals surface area contributed by atoms with Crippen molar-refractivity contribution in [1.82, 2.24) is 4.98 Å². The van der Waals surface area contributed by atoms with Crippen molar-refractivity contribution in [1.29, 1.82) is 0 Å². The Morgan fingerprint density at radius 2 is 2.20 bits per heavy atom. The number of aromatic carboxylic acids is 1. The number of hydrogen-bond donors (Lipinski definition) is 1. The first-order valence-electron chi connectivity index (χ1n) is 4.06. The minimum atomic E-state index is -1.07. The summed E-state index contributed by atoms with van der Waals surface area (Å²) in [4.78, 5) is 14.8. The maximum atomic E-state index is 11.0. The van der Waals surface area contributed by atoms with E-state index in [1.54, 1.807) is 18.3 Å². The molecular weight excluding hydrogens is 281 g/mol. The molecule has 5 heteroatoms. The molecule has 0 aliphatic heterocycles. The maximum absolute atomic E-state index is 11.0. The number of halogens is 2. The molecule has 2 rings (SSSR count). The van der Waals surface area contributed by atoms with Crippen molar-refractivity contribution >= 4 is 44.3 Å². The molecule has 0 atom stereocenters. The minimum Gasteiger partial charge on any atom is -0.478 e. The number of benzene rings is 1. The van der Waals surface area contributed by atoms with Crippen LogP contribution in [0.25, 0.3) is 10.8 Å². The van der Waals surface area contributed by atoms with Crippen LogP contribution >= 0.6 is 27.5 Å². The lowest BCUT2D eigenvalue weighted by molar-refractivity contribution is 0.0699. The number of aromatic nitrogens is 1. The van der Waals surface area contributed by atoms with E-state index in [4.69, 9.17) is 16.7 Å². The van der Waals surface area contributed by atoms with Gasteiger partial charge in [0.15, 0.2) is 0 Å². The van der Waals surface area contributed by atoms with E-state index in [0.717, 1.165) is 9.86 Å². The fourth-order valence-corrected chi connectivity index (χ4v) is 1.96. The van der Waals surface area contributed by atoms with Crippen molar-refractivity contribution in [2.24, 2.45) is 0 Å². The topological polar surface area (TPSA) is 50.2 Å². The zero-order valence-corrected chi connectivity index (χ0v) is 9.71. The first-order valence-corrected chi connectivity index (χ1v) is 5.24. The van der Waals surface area contributed by atoms with Gasteiger partial charge in [0.1, 0.15) is 10.7 Å². The highest BCUT2D eigenvalue weighted by molar-refractivity contribution is 9.10. The highest BCUT2D eigenvalue weighted by Gasteiger charge is 2.14. The summed E-state index contributed by atoms with van der Waals surface area (Å²) in [6, 6.07) is 5.32. The van der Waals surface area contributed by atoms with Gasteiger partial charge in [-0.15, -0.1) is 0 Å². The number of nitrogens with zero attached hydrogens (tertiary/aromatic N) is 1. The number of hydrogen-bond acceptors (Lipinski definition) is 2. The van der Waals surface area contributed by atoms with E-state index < -0.39 is 5.97 Å². The summed E-state index contributed by atoms with van der Waals surface area (Å²) in [7, 11) is 0. The van der Waals surface area contributed by atoms with Gasteiger partial charge in [0.2, 0.25) is 0 Å². The molecule has 0 radical (unpaired) electrons. The first kappa shape index (κ1) is 10.4. The van der Waals surface area contributed by atoms with Gasteiger partial charge in [0, 0.05) is 21.4 Å². The Hall–Kier alpha value is -1.13. The molecule has 0 amide bonds. The van der Waals surface area contributed by atoms with E-state index in [1.807, 2.05) is 6.07 Å². The monoisotopic (exact) mass is 285 g/mol. The summed E-state index contributed by atoms with van der Waals surface area (Å²) in [6.07, 6.45) is 1.55. The molecule has 0 fully saturated rings. The van der Waals surface area contributed by atoms with E-state index in [-0.39, 0.29) is 10.7 Å². The van der Waals surface area contributed by atoms with Crippen molar-refractivity contribution in [3.05, 3.63) is 39.6 Å². The molecule has 0 spiro atoms. The van der Waals surface area contributed by atoms with E-state index in [0.29, 0.717) is 5.39 Å². The Labute approximate surface area is 98.8 Å². The number of carbonyl (C=O) groups is 1. The quantitative estimate of drug-likeness (QED) is 0.818. The molecule has 76 valence electrons. The van der Waals surface area contributed by atoms with Gasteiger partial charge in [-0.25, -0.2) is 9.78 Å². The van der Waals surface area contributed by atoms with E-state index >= 15 is 0 Å². The van der Waals surface area contributed by atoms with Gasteiger partial charge in [-0.3, -0.25) is 0 Å². The van der Waals surface area contributed by atoms with Crippen LogP contribution in [0.3, 0.4) is 0 Å². The molecule has 0 unspecified atom stereocenters. The average Bonchev–Trinajstić information content (AvgIpc) is 2.16. The second-order valence-corrected chi connectivity index (χ2v) is 4.23. The van der Waals surface area contributed by atoms with Gasteiger partial charge in [-0.2, -0.15) is 0 Å². The lowest BCUT2D eigenvalue weighted by Crippen LogP contribution is -2.00. The first-order chi connectivity index (χ1) is 7.09. The zero-order chi connectivity index (χ0) is 11.0. The van der Waals surface area contributed by atoms with Crippen molar-refractivity contribution in [2.75, 3.05) is 0 Å². The van der Waals surface area contributed by atoms with Gasteiger partial charge >= 0.3 is 5.97 Å². The van der Waals surface area contributed by atoms with Crippen LogP contribution in [0, 0.1) is 0 Å². The van der Waals surface area contributed by atoms with Crippen LogP contribution < -0.4 is 0 Å². The number of pyridine rings is 1. The number of carboxylic acid groups (broad SMARTS) is 1. The van der Waals surface area contributed by atoms with Crippen molar-refractivity contribution < 1.29 is 9.90 Å². The van der Waals surface area contributed by atoms with Crippen LogP contribution in [-0.4, -0.2) is 16.1 Å². The molecule has 0 bridgehead atoms. The zero-order valence-electron chi connectivity index (χ0n) is 7.37. The summed E-state index contributed by atoms with van der Waals surface area (Å²) in [5, 5.41) is 10.4. The van der Waals surface area contributed by atoms with E-state index in [2.05, 4.69) is 20.9 Å². The van der Waals surface area contributed by atoms with Crippen LogP contribution in [0.5, 0.6) is 0 Å². The van der Waals surface area contributed by atoms with Crippen molar-refractivity contribution in [3.63, 3.8) is 0 Å². The number of carboxylic acids is 1. The molecule has 0 aliphatic rings. The Bertz CT molecular complexity index is 551. The molecule has 0 saturated heterocycles. The van der Waals surface area contributed by atoms with Crippen LogP contribution in [0.15, 0.2) is 28.9 Å². The van der Waals surface area contributed by atoms with Crippen molar-refractivity contribution in [3.8, 4) is 0 Å². The largest absolute Gasteiger partial charge is 0.478 e. The lowest BCUT2D eigenvalue weighted by Gasteiger charge is -2.04. The molecule has 1 N–H and O–H groups in total. The van der Waals surface area contributed by atoms with Crippen LogP contribution in [0.1, 0.15) is 10.4 Å². The third-order valence-electron chi connectivity index (χ3n) is 2.02. The lowest BCUT2D eigenvalue weighted by atomic mass is 10.1. The standard InChI is InChI=1S/C10H5BrClNO2/c11-6-2-1-5-4-13-9(12)8(10(14)15)7(5)3-6/h1-4H,(H,14,15). The molecule has 3 nitrogen and oxygen atoms in total. The summed E-state index contributed by atoms with van der Waals surface area (Å²) in [5.41, 5.74) is 0.0375. The fraction of sp³-hybridized carbons (Fsp3) is 0. The normalized spacial score (nSPS) is 10.5. The van der Waals surface area contributed by atoms with Crippen LogP contribution in [-0.2, 0) is 0 Å². The van der Waals surface area contributed by atoms with Gasteiger partial charge in [0.25, 0.3) is 0 Å². The van der Waals surface area contributed by atoms with Crippen LogP contribution in [0.4, 0.5) is 0 Å². The molecule has 1 aromatic carbocycles. The molecule has 0 saturated carbocycles. The second kappa shape index (κ2) is 3.79. The average molecular weight is 287 g/mol. The van der Waals surface area contributed by atoms with Crippen molar-refractivity contribution in [2.45, 2.75) is 0 Å². The third-order valence-corrected chi connectivity index (χ3v) is 2.80. The number of rotatable bonds is 1. The Kier molecular flexibility index (Phi) is 2.63. The SMILES string of the molecule is O=C(O)c1c(Cl)ncc2ccc(Br)cc12. The predicted molar refractivity (Wildman–Crippen MR) is 61.4 cm³/mol. The van der Waals surface area contributed by atoms with Gasteiger partial charge in [-0.1, -0.05) is 33.6 Å². The summed E-state index contributed by atoms with van der Waals surface area (Å²) >= 11 is 9.03. The third kappa shape index (κ3) is 1.82. The Morgan fingerprint density at radius 1 is 1.47 bits per heavy atom. The predicted octanol–water partition coefficient (Wildman–Crippen LogP) is 3.35. The Balaban J connectivity index is 2.90. The maximum Gasteiger partial charge on any atom is 0.339 e. The summed E-state index contributed by atoms with van der Waals surface area (Å²) in [6.45, 7) is 0. The highest BCUT2D eigenvalue weighted by atomic mass is 79.9. The second-order valence-electron chi connectivity index (χ2n) is 2.96. The number of fused-ring (bicyclic) bond motifs is 1. The van der Waals surface area contributed by atoms with Gasteiger partial charge in [-0.05, 0) is 12.1 Å². The van der Waals surface area contributed by atoms with E-state index in [1.165, 1.54) is 0 Å².